The summed E-state index contributed by atoms with van der Waals surface area (Å²) in [6.07, 6.45) is 5.36. The molecule has 1 aromatic heterocycles. The molecule has 1 aliphatic carbocycles. The van der Waals surface area contributed by atoms with Gasteiger partial charge in [-0.05, 0) is 32.6 Å². The fourth-order valence-electron chi connectivity index (χ4n) is 2.54. The van der Waals surface area contributed by atoms with Gasteiger partial charge in [0.05, 0.1) is 7.11 Å². The van der Waals surface area contributed by atoms with Crippen LogP contribution in [-0.2, 0) is 15.1 Å². The number of nitrogens with zero attached hydrogens (tertiary/aromatic N) is 2. The third kappa shape index (κ3) is 2.53. The molecular weight excluding hydrogens is 246 g/mol. The number of aromatic nitrogens is 2. The zero-order valence-corrected chi connectivity index (χ0v) is 11.3. The molecule has 0 radical (unpaired) electrons. The Kier molecular flexibility index (Phi) is 3.99. The van der Waals surface area contributed by atoms with E-state index >= 15 is 0 Å². The molecule has 0 saturated heterocycles. The minimum Gasteiger partial charge on any atom is -0.465 e. The van der Waals surface area contributed by atoms with E-state index in [1.807, 2.05) is 6.92 Å². The predicted molar refractivity (Wildman–Crippen MR) is 69.6 cm³/mol. The number of hydrogen-bond acceptors (Lipinski definition) is 6. The Hall–Kier alpha value is -1.69. The van der Waals surface area contributed by atoms with Gasteiger partial charge in [0.25, 0.3) is 0 Å². The van der Waals surface area contributed by atoms with Crippen molar-refractivity contribution in [1.82, 2.24) is 9.97 Å². The van der Waals surface area contributed by atoms with Crippen LogP contribution < -0.4 is 5.73 Å². The van der Waals surface area contributed by atoms with Gasteiger partial charge in [0.1, 0.15) is 17.0 Å². The van der Waals surface area contributed by atoms with E-state index in [1.165, 1.54) is 13.3 Å². The van der Waals surface area contributed by atoms with Crippen LogP contribution in [0.15, 0.2) is 6.20 Å². The maximum atomic E-state index is 11.5. The summed E-state index contributed by atoms with van der Waals surface area (Å²) in [6, 6.07) is 0. The summed E-state index contributed by atoms with van der Waals surface area (Å²) < 4.78 is 10.5. The lowest BCUT2D eigenvalue weighted by Gasteiger charge is -2.27. The second kappa shape index (κ2) is 5.52. The van der Waals surface area contributed by atoms with Crippen LogP contribution in [0.4, 0.5) is 5.82 Å². The summed E-state index contributed by atoms with van der Waals surface area (Å²) in [5.74, 6) is 0.181. The average molecular weight is 265 g/mol. The topological polar surface area (TPSA) is 87.3 Å². The summed E-state index contributed by atoms with van der Waals surface area (Å²) in [4.78, 5) is 20.0. The molecule has 6 heteroatoms. The van der Waals surface area contributed by atoms with Gasteiger partial charge >= 0.3 is 5.97 Å². The molecule has 0 amide bonds. The number of nitrogens with two attached hydrogens (primary N) is 1. The lowest BCUT2D eigenvalue weighted by Crippen LogP contribution is -2.29. The van der Waals surface area contributed by atoms with Crippen molar-refractivity contribution >= 4 is 11.8 Å². The molecule has 1 fully saturated rings. The Morgan fingerprint density at radius 3 is 2.68 bits per heavy atom. The van der Waals surface area contributed by atoms with E-state index in [1.54, 1.807) is 0 Å². The molecule has 2 N–H and O–H groups in total. The number of hydrogen-bond donors (Lipinski definition) is 1. The molecule has 0 aliphatic heterocycles. The van der Waals surface area contributed by atoms with Crippen LogP contribution in [0.5, 0.6) is 0 Å². The Bertz CT molecular complexity index is 470. The van der Waals surface area contributed by atoms with Crippen LogP contribution >= 0.6 is 0 Å². The van der Waals surface area contributed by atoms with Gasteiger partial charge in [-0.2, -0.15) is 0 Å². The van der Waals surface area contributed by atoms with Crippen molar-refractivity contribution in [1.29, 1.82) is 0 Å². The molecule has 2 rings (SSSR count). The number of carbonyl (C=O) groups is 1. The van der Waals surface area contributed by atoms with E-state index < -0.39 is 11.6 Å². The van der Waals surface area contributed by atoms with Crippen LogP contribution in [0.3, 0.4) is 0 Å². The van der Waals surface area contributed by atoms with Gasteiger partial charge in [-0.1, -0.05) is 0 Å². The molecule has 19 heavy (non-hydrogen) atoms. The van der Waals surface area contributed by atoms with Gasteiger partial charge in [0.2, 0.25) is 0 Å². The first kappa shape index (κ1) is 13.7. The van der Waals surface area contributed by atoms with Gasteiger partial charge in [-0.15, -0.1) is 0 Å². The van der Waals surface area contributed by atoms with E-state index in [-0.39, 0.29) is 11.4 Å². The smallest absolute Gasteiger partial charge is 0.343 e. The Morgan fingerprint density at radius 1 is 1.47 bits per heavy atom. The van der Waals surface area contributed by atoms with E-state index in [2.05, 4.69) is 14.7 Å². The van der Waals surface area contributed by atoms with Crippen molar-refractivity contribution in [2.24, 2.45) is 0 Å². The highest BCUT2D eigenvalue weighted by Gasteiger charge is 2.39. The number of carbonyl (C=O) groups excluding carboxylic acids is 1. The summed E-state index contributed by atoms with van der Waals surface area (Å²) in [5.41, 5.74) is 5.56. The number of rotatable bonds is 4. The van der Waals surface area contributed by atoms with Gasteiger partial charge in [-0.3, -0.25) is 0 Å². The van der Waals surface area contributed by atoms with Gasteiger partial charge in [0.15, 0.2) is 5.82 Å². The molecule has 104 valence electrons. The molecule has 1 aromatic rings. The fraction of sp³-hybridized carbons (Fsp3) is 0.615. The zero-order valence-electron chi connectivity index (χ0n) is 11.3. The van der Waals surface area contributed by atoms with Crippen LogP contribution in [0, 0.1) is 0 Å². The highest BCUT2D eigenvalue weighted by atomic mass is 16.5. The first-order valence-corrected chi connectivity index (χ1v) is 6.48. The van der Waals surface area contributed by atoms with Crippen molar-refractivity contribution in [2.75, 3.05) is 19.5 Å². The predicted octanol–water partition coefficient (Wildman–Crippen LogP) is 1.65. The first-order valence-electron chi connectivity index (χ1n) is 6.48. The van der Waals surface area contributed by atoms with E-state index in [4.69, 9.17) is 10.5 Å². The van der Waals surface area contributed by atoms with E-state index in [0.717, 1.165) is 25.7 Å². The number of ether oxygens (including phenoxy) is 2. The molecule has 0 bridgehead atoms. The summed E-state index contributed by atoms with van der Waals surface area (Å²) >= 11 is 0. The minimum absolute atomic E-state index is 0.142. The SMILES string of the molecule is CCOC1(c2ncc(C(=O)OC)c(N)n2)CCCC1. The summed E-state index contributed by atoms with van der Waals surface area (Å²) in [7, 11) is 1.30. The normalized spacial score (nSPS) is 17.4. The third-order valence-electron chi connectivity index (χ3n) is 3.46. The first-order chi connectivity index (χ1) is 9.13. The van der Waals surface area contributed by atoms with Crippen LogP contribution in [0.2, 0.25) is 0 Å². The van der Waals surface area contributed by atoms with Crippen LogP contribution in [-0.4, -0.2) is 29.7 Å². The second-order valence-corrected chi connectivity index (χ2v) is 4.62. The monoisotopic (exact) mass is 265 g/mol. The third-order valence-corrected chi connectivity index (χ3v) is 3.46. The summed E-state index contributed by atoms with van der Waals surface area (Å²) in [6.45, 7) is 2.55. The molecule has 1 heterocycles. The molecular formula is C13H19N3O3. The molecule has 6 nitrogen and oxygen atoms in total. The van der Waals surface area contributed by atoms with Gasteiger partial charge < -0.3 is 15.2 Å². The molecule has 0 spiro atoms. The average Bonchev–Trinajstić information content (AvgIpc) is 2.88. The van der Waals surface area contributed by atoms with E-state index in [0.29, 0.717) is 12.4 Å². The highest BCUT2D eigenvalue weighted by molar-refractivity contribution is 5.93. The molecule has 1 saturated carbocycles. The van der Waals surface area contributed by atoms with Gasteiger partial charge in [0, 0.05) is 12.8 Å². The van der Waals surface area contributed by atoms with Crippen molar-refractivity contribution in [3.8, 4) is 0 Å². The van der Waals surface area contributed by atoms with E-state index in [9.17, 15) is 4.79 Å². The zero-order chi connectivity index (χ0) is 13.9. The number of methoxy groups -OCH3 is 1. The Labute approximate surface area is 112 Å². The maximum Gasteiger partial charge on any atom is 0.343 e. The molecule has 0 unspecified atom stereocenters. The van der Waals surface area contributed by atoms with Crippen molar-refractivity contribution in [3.63, 3.8) is 0 Å². The summed E-state index contributed by atoms with van der Waals surface area (Å²) in [5, 5.41) is 0. The number of esters is 1. The quantitative estimate of drug-likeness (QED) is 0.833. The lowest BCUT2D eigenvalue weighted by molar-refractivity contribution is -0.0456. The molecule has 0 aromatic carbocycles. The Morgan fingerprint density at radius 2 is 2.16 bits per heavy atom. The highest BCUT2D eigenvalue weighted by Crippen LogP contribution is 2.40. The second-order valence-electron chi connectivity index (χ2n) is 4.62. The number of anilines is 1. The van der Waals surface area contributed by atoms with Crippen molar-refractivity contribution < 1.29 is 14.3 Å². The van der Waals surface area contributed by atoms with Crippen molar-refractivity contribution in [3.05, 3.63) is 17.6 Å². The molecule has 1 aliphatic rings. The minimum atomic E-state index is -0.527. The largest absolute Gasteiger partial charge is 0.465 e. The van der Waals surface area contributed by atoms with Crippen LogP contribution in [0.25, 0.3) is 0 Å². The van der Waals surface area contributed by atoms with Gasteiger partial charge in [-0.25, -0.2) is 14.8 Å². The Balaban J connectivity index is 2.35. The van der Waals surface area contributed by atoms with Crippen LogP contribution in [0.1, 0.15) is 48.8 Å². The standard InChI is InChI=1S/C13H19N3O3/c1-3-19-13(6-4-5-7-13)12-15-8-9(10(14)16-12)11(17)18-2/h8H,3-7H2,1-2H3,(H2,14,15,16). The molecule has 0 atom stereocenters. The lowest BCUT2D eigenvalue weighted by atomic mass is 10.0. The van der Waals surface area contributed by atoms with Crippen molar-refractivity contribution in [2.45, 2.75) is 38.2 Å². The number of nitrogen functional groups attached to an aromatic ring is 1. The fourth-order valence-corrected chi connectivity index (χ4v) is 2.54. The maximum absolute atomic E-state index is 11.5.